The van der Waals surface area contributed by atoms with E-state index in [1.54, 1.807) is 0 Å². The van der Waals surface area contributed by atoms with Crippen molar-refractivity contribution in [2.24, 2.45) is 0 Å². The number of fused-ring (bicyclic) bond motifs is 1. The largest absolute Gasteiger partial charge is 0.361 e. The predicted molar refractivity (Wildman–Crippen MR) is 81.0 cm³/mol. The molecule has 0 unspecified atom stereocenters. The summed E-state index contributed by atoms with van der Waals surface area (Å²) in [7, 11) is 0. The summed E-state index contributed by atoms with van der Waals surface area (Å²) in [5.74, 6) is 0. The Morgan fingerprint density at radius 3 is 2.82 bits per heavy atom. The number of rotatable bonds is 5. The van der Waals surface area contributed by atoms with Crippen molar-refractivity contribution < 1.29 is 0 Å². The number of H-pyrrole nitrogens is 1. The van der Waals surface area contributed by atoms with E-state index in [-0.39, 0.29) is 0 Å². The summed E-state index contributed by atoms with van der Waals surface area (Å²) in [5, 5.41) is 3.58. The molecule has 3 nitrogen and oxygen atoms in total. The molecule has 0 aliphatic carbocycles. The van der Waals surface area contributed by atoms with Gasteiger partial charge in [0.05, 0.1) is 0 Å². The molecule has 0 spiro atoms. The first-order valence-electron chi connectivity index (χ1n) is 5.90. The second kappa shape index (κ2) is 5.84. The van der Waals surface area contributed by atoms with E-state index in [2.05, 4.69) is 80.8 Å². The lowest BCUT2D eigenvalue weighted by atomic mass is 10.1. The van der Waals surface area contributed by atoms with Crippen LogP contribution in [0.1, 0.15) is 19.4 Å². The van der Waals surface area contributed by atoms with E-state index in [9.17, 15) is 0 Å². The van der Waals surface area contributed by atoms with Crippen molar-refractivity contribution >= 4 is 33.8 Å². The van der Waals surface area contributed by atoms with Crippen molar-refractivity contribution in [3.8, 4) is 0 Å². The van der Waals surface area contributed by atoms with Crippen LogP contribution in [0, 0.1) is 0 Å². The third kappa shape index (κ3) is 3.00. The number of hydrazine groups is 1. The van der Waals surface area contributed by atoms with E-state index in [1.165, 1.54) is 16.5 Å². The van der Waals surface area contributed by atoms with Crippen LogP contribution in [0.2, 0.25) is 0 Å². The molecule has 0 amide bonds. The van der Waals surface area contributed by atoms with E-state index in [4.69, 9.17) is 0 Å². The Morgan fingerprint density at radius 2 is 2.12 bits per heavy atom. The standard InChI is InChI=1S/C13H18IN3/c1-10(2)17(16-14)8-7-11-9-15-13-6-4-3-5-12(11)13/h3-6,9-10,15-16H,7-8H2,1-2H3. The molecule has 1 aromatic carbocycles. The second-order valence-electron chi connectivity index (χ2n) is 4.48. The molecule has 2 aromatic rings. The molecule has 0 atom stereocenters. The first-order chi connectivity index (χ1) is 8.22. The van der Waals surface area contributed by atoms with Crippen molar-refractivity contribution in [2.45, 2.75) is 26.3 Å². The highest BCUT2D eigenvalue weighted by Gasteiger charge is 2.09. The number of aromatic nitrogens is 1. The molecule has 92 valence electrons. The van der Waals surface area contributed by atoms with Crippen LogP contribution in [0.5, 0.6) is 0 Å². The molecule has 1 heterocycles. The maximum atomic E-state index is 3.32. The molecule has 2 N–H and O–H groups in total. The fraction of sp³-hybridized carbons (Fsp3) is 0.385. The van der Waals surface area contributed by atoms with Gasteiger partial charge >= 0.3 is 0 Å². The van der Waals surface area contributed by atoms with Crippen LogP contribution >= 0.6 is 22.9 Å². The summed E-state index contributed by atoms with van der Waals surface area (Å²) < 4.78 is 3.21. The minimum Gasteiger partial charge on any atom is -0.361 e. The molecule has 0 bridgehead atoms. The van der Waals surface area contributed by atoms with Gasteiger partial charge in [0, 0.05) is 52.6 Å². The first kappa shape index (κ1) is 12.9. The van der Waals surface area contributed by atoms with Crippen molar-refractivity contribution in [3.05, 3.63) is 36.0 Å². The molecule has 0 aliphatic heterocycles. The SMILES string of the molecule is CC(C)N(CCc1c[nH]c2ccccc12)NI. The highest BCUT2D eigenvalue weighted by molar-refractivity contribution is 14.1. The average Bonchev–Trinajstić information content (AvgIpc) is 2.73. The Hall–Kier alpha value is -0.590. The molecule has 17 heavy (non-hydrogen) atoms. The van der Waals surface area contributed by atoms with Gasteiger partial charge in [0.2, 0.25) is 0 Å². The molecule has 0 saturated carbocycles. The van der Waals surface area contributed by atoms with Crippen molar-refractivity contribution in [1.29, 1.82) is 0 Å². The van der Waals surface area contributed by atoms with E-state index in [0.717, 1.165) is 13.0 Å². The van der Waals surface area contributed by atoms with E-state index >= 15 is 0 Å². The van der Waals surface area contributed by atoms with Crippen molar-refractivity contribution in [2.75, 3.05) is 6.54 Å². The van der Waals surface area contributed by atoms with Gasteiger partial charge in [-0.2, -0.15) is 3.64 Å². The highest BCUT2D eigenvalue weighted by atomic mass is 127. The Kier molecular flexibility index (Phi) is 4.42. The number of hydrogen-bond donors (Lipinski definition) is 2. The third-order valence-electron chi connectivity index (χ3n) is 3.03. The van der Waals surface area contributed by atoms with Gasteiger partial charge in [-0.25, -0.2) is 5.01 Å². The monoisotopic (exact) mass is 343 g/mol. The van der Waals surface area contributed by atoms with Crippen LogP contribution in [0.4, 0.5) is 0 Å². The van der Waals surface area contributed by atoms with Gasteiger partial charge < -0.3 is 4.98 Å². The molecule has 0 aliphatic rings. The van der Waals surface area contributed by atoms with E-state index in [0.29, 0.717) is 6.04 Å². The van der Waals surface area contributed by atoms with Crippen molar-refractivity contribution in [1.82, 2.24) is 13.6 Å². The lowest BCUT2D eigenvalue weighted by Gasteiger charge is -2.23. The number of nitrogens with zero attached hydrogens (tertiary/aromatic N) is 1. The molecule has 0 radical (unpaired) electrons. The van der Waals surface area contributed by atoms with E-state index in [1.807, 2.05) is 0 Å². The average molecular weight is 343 g/mol. The Balaban J connectivity index is 2.08. The minimum absolute atomic E-state index is 0.511. The molecule has 1 aromatic heterocycles. The quantitative estimate of drug-likeness (QED) is 0.496. The van der Waals surface area contributed by atoms with Gasteiger partial charge in [-0.1, -0.05) is 18.2 Å². The molecule has 2 rings (SSSR count). The zero-order valence-electron chi connectivity index (χ0n) is 10.2. The summed E-state index contributed by atoms with van der Waals surface area (Å²) in [6.45, 7) is 5.41. The second-order valence-corrected chi connectivity index (χ2v) is 4.96. The van der Waals surface area contributed by atoms with Crippen LogP contribution in [-0.2, 0) is 6.42 Å². The summed E-state index contributed by atoms with van der Waals surface area (Å²) in [4.78, 5) is 3.32. The third-order valence-corrected chi connectivity index (χ3v) is 3.65. The lowest BCUT2D eigenvalue weighted by molar-refractivity contribution is 0.211. The molecule has 4 heteroatoms. The fourth-order valence-electron chi connectivity index (χ4n) is 1.98. The highest BCUT2D eigenvalue weighted by Crippen LogP contribution is 2.18. The fourth-order valence-corrected chi connectivity index (χ4v) is 2.78. The smallest absolute Gasteiger partial charge is 0.0456 e. The molecular weight excluding hydrogens is 325 g/mol. The van der Waals surface area contributed by atoms with Gasteiger partial charge in [-0.05, 0) is 31.9 Å². The van der Waals surface area contributed by atoms with Crippen LogP contribution in [-0.4, -0.2) is 22.6 Å². The topological polar surface area (TPSA) is 31.1 Å². The lowest BCUT2D eigenvalue weighted by Crippen LogP contribution is -2.38. The van der Waals surface area contributed by atoms with Crippen LogP contribution in [0.3, 0.4) is 0 Å². The normalized spacial score (nSPS) is 11.8. The van der Waals surface area contributed by atoms with E-state index < -0.39 is 0 Å². The molecule has 0 fully saturated rings. The minimum atomic E-state index is 0.511. The Bertz CT molecular complexity index is 478. The van der Waals surface area contributed by atoms with Gasteiger partial charge in [-0.3, -0.25) is 0 Å². The number of halogens is 1. The number of hydrogen-bond acceptors (Lipinski definition) is 2. The van der Waals surface area contributed by atoms with Crippen LogP contribution in [0.15, 0.2) is 30.5 Å². The zero-order chi connectivity index (χ0) is 12.3. The summed E-state index contributed by atoms with van der Waals surface area (Å²) >= 11 is 2.19. The molecule has 0 saturated heterocycles. The first-order valence-corrected chi connectivity index (χ1v) is 6.98. The maximum Gasteiger partial charge on any atom is 0.0456 e. The summed E-state index contributed by atoms with van der Waals surface area (Å²) in [6, 6.07) is 8.97. The van der Waals surface area contributed by atoms with Gasteiger partial charge in [0.1, 0.15) is 0 Å². The number of para-hydroxylation sites is 1. The van der Waals surface area contributed by atoms with Gasteiger partial charge in [-0.15, -0.1) is 0 Å². The number of aromatic amines is 1. The van der Waals surface area contributed by atoms with Crippen LogP contribution in [0.25, 0.3) is 10.9 Å². The summed E-state index contributed by atoms with van der Waals surface area (Å²) in [5.41, 5.74) is 2.61. The number of nitrogens with one attached hydrogen (secondary N) is 2. The number of benzene rings is 1. The zero-order valence-corrected chi connectivity index (χ0v) is 12.4. The Morgan fingerprint density at radius 1 is 1.35 bits per heavy atom. The molecular formula is C13H18IN3. The maximum absolute atomic E-state index is 3.32. The van der Waals surface area contributed by atoms with Crippen LogP contribution < -0.4 is 3.64 Å². The van der Waals surface area contributed by atoms with Gasteiger partial charge in [0.15, 0.2) is 0 Å². The van der Waals surface area contributed by atoms with Gasteiger partial charge in [0.25, 0.3) is 0 Å². The predicted octanol–water partition coefficient (Wildman–Crippen LogP) is 3.28. The summed E-state index contributed by atoms with van der Waals surface area (Å²) in [6.07, 6.45) is 3.18. The van der Waals surface area contributed by atoms with Crippen molar-refractivity contribution in [3.63, 3.8) is 0 Å². The Labute approximate surface area is 116 Å².